The van der Waals surface area contributed by atoms with Gasteiger partial charge >= 0.3 is 6.18 Å². The molecule has 6 nitrogen and oxygen atoms in total. The molecule has 0 bridgehead atoms. The fourth-order valence-corrected chi connectivity index (χ4v) is 2.55. The molecule has 1 aliphatic rings. The lowest BCUT2D eigenvalue weighted by molar-refractivity contribution is -0.183. The van der Waals surface area contributed by atoms with E-state index in [1.807, 2.05) is 0 Å². The van der Waals surface area contributed by atoms with E-state index in [1.165, 1.54) is 29.2 Å². The smallest absolute Gasteiger partial charge is 0.366 e. The topological polar surface area (TPSA) is 87.5 Å². The maximum atomic E-state index is 13.3. The Bertz CT molecular complexity index is 601. The van der Waals surface area contributed by atoms with Gasteiger partial charge in [0.25, 0.3) is 5.91 Å². The number of nitrogens with two attached hydrogens (primary N) is 1. The van der Waals surface area contributed by atoms with Crippen LogP contribution in [0.4, 0.5) is 13.2 Å². The van der Waals surface area contributed by atoms with E-state index in [0.717, 1.165) is 0 Å². The van der Waals surface area contributed by atoms with Gasteiger partial charge in [-0.05, 0) is 18.2 Å². The van der Waals surface area contributed by atoms with Crippen LogP contribution < -0.4 is 16.4 Å². The number of rotatable bonds is 5. The van der Waals surface area contributed by atoms with Gasteiger partial charge in [-0.3, -0.25) is 14.5 Å². The van der Waals surface area contributed by atoms with E-state index in [4.69, 9.17) is 5.73 Å². The highest BCUT2D eigenvalue weighted by molar-refractivity contribution is 5.99. The van der Waals surface area contributed by atoms with Gasteiger partial charge in [-0.2, -0.15) is 13.2 Å². The first-order chi connectivity index (χ1) is 11.3. The number of nitrogens with one attached hydrogen (secondary N) is 2. The van der Waals surface area contributed by atoms with Gasteiger partial charge in [0, 0.05) is 43.9 Å². The van der Waals surface area contributed by atoms with Crippen molar-refractivity contribution in [3.8, 4) is 0 Å². The van der Waals surface area contributed by atoms with Gasteiger partial charge < -0.3 is 16.4 Å². The zero-order valence-corrected chi connectivity index (χ0v) is 12.9. The number of nitrogens with zero attached hydrogens (tertiary/aromatic N) is 1. The molecular weight excluding hydrogens is 325 g/mol. The normalized spacial score (nSPS) is 17.3. The van der Waals surface area contributed by atoms with Gasteiger partial charge in [0.05, 0.1) is 0 Å². The van der Waals surface area contributed by atoms with Crippen molar-refractivity contribution < 1.29 is 22.8 Å². The highest BCUT2D eigenvalue weighted by atomic mass is 19.4. The lowest BCUT2D eigenvalue weighted by Gasteiger charge is -2.35. The number of alkyl halides is 3. The number of hydrogen-bond acceptors (Lipinski definition) is 4. The van der Waals surface area contributed by atoms with Crippen LogP contribution in [-0.2, 0) is 0 Å². The minimum atomic E-state index is -4.44. The molecule has 24 heavy (non-hydrogen) atoms. The van der Waals surface area contributed by atoms with Gasteiger partial charge in [-0.1, -0.05) is 6.07 Å². The van der Waals surface area contributed by atoms with Crippen molar-refractivity contribution >= 4 is 11.8 Å². The first-order valence-electron chi connectivity index (χ1n) is 7.48. The molecule has 1 unspecified atom stereocenters. The molecule has 1 aromatic carbocycles. The van der Waals surface area contributed by atoms with Gasteiger partial charge in [0.15, 0.2) is 0 Å². The summed E-state index contributed by atoms with van der Waals surface area (Å²) >= 11 is 0. The van der Waals surface area contributed by atoms with Crippen molar-refractivity contribution in [1.29, 1.82) is 0 Å². The summed E-state index contributed by atoms with van der Waals surface area (Å²) in [7, 11) is 0. The summed E-state index contributed by atoms with van der Waals surface area (Å²) in [6, 6.07) is 3.80. The van der Waals surface area contributed by atoms with E-state index in [2.05, 4.69) is 10.6 Å². The van der Waals surface area contributed by atoms with E-state index in [9.17, 15) is 22.8 Å². The second kappa shape index (κ2) is 7.63. The second-order valence-corrected chi connectivity index (χ2v) is 5.50. The van der Waals surface area contributed by atoms with E-state index < -0.39 is 30.6 Å². The Balaban J connectivity index is 2.04. The van der Waals surface area contributed by atoms with Crippen LogP contribution >= 0.6 is 0 Å². The molecule has 0 saturated carbocycles. The number of carbonyl (C=O) groups excluding carboxylic acids is 2. The van der Waals surface area contributed by atoms with Crippen molar-refractivity contribution in [3.05, 3.63) is 35.4 Å². The fraction of sp³-hybridized carbons (Fsp3) is 0.467. The van der Waals surface area contributed by atoms with Crippen LogP contribution in [0.5, 0.6) is 0 Å². The molecule has 0 aromatic heterocycles. The molecule has 4 N–H and O–H groups in total. The van der Waals surface area contributed by atoms with Crippen LogP contribution in [0.15, 0.2) is 24.3 Å². The summed E-state index contributed by atoms with van der Waals surface area (Å²) in [5, 5.41) is 5.28. The van der Waals surface area contributed by atoms with Crippen LogP contribution in [0.1, 0.15) is 20.7 Å². The van der Waals surface area contributed by atoms with Gasteiger partial charge in [0.2, 0.25) is 5.91 Å². The second-order valence-electron chi connectivity index (χ2n) is 5.50. The lowest BCUT2D eigenvalue weighted by Crippen LogP contribution is -2.57. The first kappa shape index (κ1) is 18.2. The number of halogens is 3. The van der Waals surface area contributed by atoms with Gasteiger partial charge in [0.1, 0.15) is 6.04 Å². The van der Waals surface area contributed by atoms with Crippen LogP contribution in [0, 0.1) is 0 Å². The molecule has 0 spiro atoms. The summed E-state index contributed by atoms with van der Waals surface area (Å²) < 4.78 is 39.8. The number of primary amides is 1. The largest absolute Gasteiger partial charge is 0.405 e. The third kappa shape index (κ3) is 4.68. The minimum Gasteiger partial charge on any atom is -0.366 e. The molecule has 2 rings (SSSR count). The third-order valence-electron chi connectivity index (χ3n) is 3.84. The van der Waals surface area contributed by atoms with Crippen LogP contribution in [0.3, 0.4) is 0 Å². The standard InChI is InChI=1S/C15H19F3N4O2/c16-15(17,18)12(22-6-4-20-5-7-22)9-21-14(24)11-3-1-2-10(8-11)13(19)23/h1-3,8,12,20H,4-7,9H2,(H2,19,23)(H,21,24). The Labute approximate surface area is 137 Å². The van der Waals surface area contributed by atoms with Crippen molar-refractivity contribution in [2.24, 2.45) is 5.73 Å². The van der Waals surface area contributed by atoms with E-state index in [-0.39, 0.29) is 24.2 Å². The number of amides is 2. The minimum absolute atomic E-state index is 0.0903. The zero-order valence-electron chi connectivity index (χ0n) is 12.9. The van der Waals surface area contributed by atoms with E-state index in [1.54, 1.807) is 0 Å². The van der Waals surface area contributed by atoms with Crippen molar-refractivity contribution in [1.82, 2.24) is 15.5 Å². The van der Waals surface area contributed by atoms with E-state index >= 15 is 0 Å². The van der Waals surface area contributed by atoms with Crippen LogP contribution in [0.25, 0.3) is 0 Å². The Hall–Kier alpha value is -2.13. The van der Waals surface area contributed by atoms with E-state index in [0.29, 0.717) is 13.1 Å². The average molecular weight is 344 g/mol. The number of piperazine rings is 1. The Morgan fingerprint density at radius 2 is 1.88 bits per heavy atom. The molecule has 1 heterocycles. The number of hydrogen-bond donors (Lipinski definition) is 3. The summed E-state index contributed by atoms with van der Waals surface area (Å²) in [5.41, 5.74) is 5.34. The highest BCUT2D eigenvalue weighted by Crippen LogP contribution is 2.24. The summed E-state index contributed by atoms with van der Waals surface area (Å²) in [6.07, 6.45) is -4.44. The van der Waals surface area contributed by atoms with Crippen molar-refractivity contribution in [2.75, 3.05) is 32.7 Å². The molecule has 1 fully saturated rings. The Kier molecular flexibility index (Phi) is 5.79. The Morgan fingerprint density at radius 3 is 2.46 bits per heavy atom. The lowest BCUT2D eigenvalue weighted by atomic mass is 10.1. The van der Waals surface area contributed by atoms with Crippen LogP contribution in [0.2, 0.25) is 0 Å². The molecular formula is C15H19F3N4O2. The maximum absolute atomic E-state index is 13.3. The molecule has 0 radical (unpaired) electrons. The zero-order chi connectivity index (χ0) is 17.7. The van der Waals surface area contributed by atoms with Crippen molar-refractivity contribution in [2.45, 2.75) is 12.2 Å². The third-order valence-corrected chi connectivity index (χ3v) is 3.84. The first-order valence-corrected chi connectivity index (χ1v) is 7.48. The molecule has 0 aliphatic carbocycles. The number of carbonyl (C=O) groups is 2. The SMILES string of the molecule is NC(=O)c1cccc(C(=O)NCC(N2CCNCC2)C(F)(F)F)c1. The van der Waals surface area contributed by atoms with Gasteiger partial charge in [-0.15, -0.1) is 0 Å². The molecule has 1 aliphatic heterocycles. The Morgan fingerprint density at radius 1 is 1.25 bits per heavy atom. The van der Waals surface area contributed by atoms with Gasteiger partial charge in [-0.25, -0.2) is 0 Å². The molecule has 9 heteroatoms. The molecule has 1 saturated heterocycles. The summed E-state index contributed by atoms with van der Waals surface area (Å²) in [5.74, 6) is -1.39. The predicted octanol–water partition coefficient (Wildman–Crippen LogP) is 0.351. The summed E-state index contributed by atoms with van der Waals surface area (Å²) in [4.78, 5) is 24.5. The monoisotopic (exact) mass is 344 g/mol. The number of benzene rings is 1. The maximum Gasteiger partial charge on any atom is 0.405 e. The molecule has 132 valence electrons. The summed E-state index contributed by atoms with van der Waals surface area (Å²) in [6.45, 7) is 0.917. The molecule has 2 amide bonds. The average Bonchev–Trinajstić information content (AvgIpc) is 2.54. The van der Waals surface area contributed by atoms with Crippen molar-refractivity contribution in [3.63, 3.8) is 0 Å². The van der Waals surface area contributed by atoms with Crippen LogP contribution in [-0.4, -0.2) is 61.7 Å². The molecule has 1 atom stereocenters. The molecule has 1 aromatic rings. The quantitative estimate of drug-likeness (QED) is 0.719. The highest BCUT2D eigenvalue weighted by Gasteiger charge is 2.43. The predicted molar refractivity (Wildman–Crippen MR) is 81.6 cm³/mol. The fourth-order valence-electron chi connectivity index (χ4n) is 2.55.